The average molecular weight is 539 g/mol. The average Bonchev–Trinajstić information content (AvgIpc) is 2.90. The Balaban J connectivity index is 1.36. The molecule has 3 aromatic rings. The van der Waals surface area contributed by atoms with Gasteiger partial charge in [-0.3, -0.25) is 14.7 Å². The lowest BCUT2D eigenvalue weighted by molar-refractivity contribution is -0.153. The molecule has 1 aromatic heterocycles. The number of likely N-dealkylation sites (tertiary alicyclic amines) is 1. The minimum atomic E-state index is -1.74. The Bertz CT molecular complexity index is 1290. The summed E-state index contributed by atoms with van der Waals surface area (Å²) in [5, 5.41) is 10.3. The standard InChI is InChI=1S/C27H27F5N2O4/c1-37-16-2-3-23-18(12-16)24(22(31)15-33-23)19(28)4-5-27(26(35)36)6-8-34(9-7-27)10-11-38-17-13-20(29)25(32)21(30)14-17/h2-3,12-15,19H,4-11H2,1H3,(H,35,36)/t19-/m1/s1. The SMILES string of the molecule is COc1ccc2ncc(F)c([C@H](F)CCC3(C(=O)O)CCN(CCOc4cc(F)c(F)c(F)c4)CC3)c2c1. The third-order valence-electron chi connectivity index (χ3n) is 7.16. The number of hydrogen-bond donors (Lipinski definition) is 1. The van der Waals surface area contributed by atoms with Crippen molar-refractivity contribution >= 4 is 16.9 Å². The number of benzene rings is 2. The summed E-state index contributed by atoms with van der Waals surface area (Å²) in [7, 11) is 1.44. The molecule has 0 unspecified atom stereocenters. The van der Waals surface area contributed by atoms with Gasteiger partial charge in [0, 0.05) is 29.6 Å². The maximum Gasteiger partial charge on any atom is 0.309 e. The van der Waals surface area contributed by atoms with Crippen molar-refractivity contribution in [1.82, 2.24) is 9.88 Å². The molecule has 0 spiro atoms. The Morgan fingerprint density at radius 1 is 1.08 bits per heavy atom. The molecule has 38 heavy (non-hydrogen) atoms. The number of fused-ring (bicyclic) bond motifs is 1. The minimum absolute atomic E-state index is 0.00912. The molecule has 2 heterocycles. The predicted octanol–water partition coefficient (Wildman–Crippen LogP) is 5.84. The molecule has 0 amide bonds. The molecule has 1 fully saturated rings. The van der Waals surface area contributed by atoms with Gasteiger partial charge in [0.05, 0.1) is 24.2 Å². The Morgan fingerprint density at radius 3 is 2.39 bits per heavy atom. The highest BCUT2D eigenvalue weighted by atomic mass is 19.2. The summed E-state index contributed by atoms with van der Waals surface area (Å²) in [6, 6.07) is 6.25. The summed E-state index contributed by atoms with van der Waals surface area (Å²) in [4.78, 5) is 18.1. The van der Waals surface area contributed by atoms with Crippen molar-refractivity contribution in [2.24, 2.45) is 5.41 Å². The van der Waals surface area contributed by atoms with Gasteiger partial charge in [0.15, 0.2) is 17.5 Å². The van der Waals surface area contributed by atoms with E-state index in [-0.39, 0.29) is 49.0 Å². The lowest BCUT2D eigenvalue weighted by Gasteiger charge is -2.39. The maximum absolute atomic E-state index is 15.4. The summed E-state index contributed by atoms with van der Waals surface area (Å²) >= 11 is 0. The molecule has 1 aliphatic heterocycles. The third-order valence-corrected chi connectivity index (χ3v) is 7.16. The zero-order chi connectivity index (χ0) is 27.4. The Labute approximate surface area is 216 Å². The van der Waals surface area contributed by atoms with Gasteiger partial charge < -0.3 is 14.6 Å². The maximum atomic E-state index is 15.4. The number of alkyl halides is 1. The summed E-state index contributed by atoms with van der Waals surface area (Å²) in [5.41, 5.74) is -0.945. The molecule has 0 radical (unpaired) electrons. The molecule has 4 rings (SSSR count). The van der Waals surface area contributed by atoms with E-state index in [2.05, 4.69) is 4.98 Å². The van der Waals surface area contributed by atoms with Crippen LogP contribution in [0.25, 0.3) is 10.9 Å². The Kier molecular flexibility index (Phi) is 8.35. The van der Waals surface area contributed by atoms with Gasteiger partial charge in [0.25, 0.3) is 0 Å². The predicted molar refractivity (Wildman–Crippen MR) is 129 cm³/mol. The normalized spacial score (nSPS) is 16.4. The first kappa shape index (κ1) is 27.6. The largest absolute Gasteiger partial charge is 0.497 e. The van der Waals surface area contributed by atoms with Crippen molar-refractivity contribution in [3.63, 3.8) is 0 Å². The van der Waals surface area contributed by atoms with Crippen LogP contribution in [0.2, 0.25) is 0 Å². The van der Waals surface area contributed by atoms with E-state index in [0.717, 1.165) is 18.3 Å². The number of rotatable bonds is 10. The number of carboxylic acid groups (broad SMARTS) is 1. The molecule has 11 heteroatoms. The number of hydrogen-bond acceptors (Lipinski definition) is 5. The first-order valence-electron chi connectivity index (χ1n) is 12.1. The van der Waals surface area contributed by atoms with E-state index in [0.29, 0.717) is 30.9 Å². The number of carbonyl (C=O) groups is 1. The highest BCUT2D eigenvalue weighted by molar-refractivity contribution is 5.84. The van der Waals surface area contributed by atoms with E-state index in [1.807, 2.05) is 4.90 Å². The van der Waals surface area contributed by atoms with Crippen molar-refractivity contribution in [2.45, 2.75) is 31.9 Å². The molecule has 1 aliphatic rings. The van der Waals surface area contributed by atoms with E-state index in [9.17, 15) is 27.5 Å². The van der Waals surface area contributed by atoms with Crippen LogP contribution >= 0.6 is 0 Å². The van der Waals surface area contributed by atoms with Crippen molar-refractivity contribution in [3.05, 3.63) is 65.4 Å². The van der Waals surface area contributed by atoms with Crippen LogP contribution in [0.3, 0.4) is 0 Å². The zero-order valence-electron chi connectivity index (χ0n) is 20.7. The lowest BCUT2D eigenvalue weighted by Crippen LogP contribution is -2.45. The molecule has 2 aromatic carbocycles. The highest BCUT2D eigenvalue weighted by Crippen LogP contribution is 2.41. The number of pyridine rings is 1. The summed E-state index contributed by atoms with van der Waals surface area (Å²) in [5.74, 6) is -5.86. The van der Waals surface area contributed by atoms with Gasteiger partial charge in [-0.25, -0.2) is 22.0 Å². The van der Waals surface area contributed by atoms with Crippen molar-refractivity contribution in [2.75, 3.05) is 33.4 Å². The number of carboxylic acids is 1. The fourth-order valence-electron chi connectivity index (χ4n) is 4.84. The lowest BCUT2D eigenvalue weighted by atomic mass is 9.74. The Morgan fingerprint density at radius 2 is 1.76 bits per heavy atom. The molecule has 6 nitrogen and oxygen atoms in total. The van der Waals surface area contributed by atoms with Crippen molar-refractivity contribution < 1.29 is 41.3 Å². The van der Waals surface area contributed by atoms with E-state index in [1.165, 1.54) is 13.2 Å². The number of ether oxygens (including phenoxy) is 2. The minimum Gasteiger partial charge on any atom is -0.497 e. The molecule has 1 atom stereocenters. The second-order valence-electron chi connectivity index (χ2n) is 9.39. The molecule has 0 bridgehead atoms. The van der Waals surface area contributed by atoms with E-state index in [4.69, 9.17) is 9.47 Å². The van der Waals surface area contributed by atoms with Crippen LogP contribution in [0, 0.1) is 28.7 Å². The molecular weight excluding hydrogens is 511 g/mol. The first-order valence-corrected chi connectivity index (χ1v) is 12.1. The second-order valence-corrected chi connectivity index (χ2v) is 9.39. The summed E-state index contributed by atoms with van der Waals surface area (Å²) in [6.07, 6.45) is -0.491. The molecule has 204 valence electrons. The number of methoxy groups -OCH3 is 1. The monoisotopic (exact) mass is 538 g/mol. The van der Waals surface area contributed by atoms with Crippen LogP contribution < -0.4 is 9.47 Å². The summed E-state index contributed by atoms with van der Waals surface area (Å²) in [6.45, 7) is 1.15. The van der Waals surface area contributed by atoms with Gasteiger partial charge in [0.2, 0.25) is 0 Å². The third kappa shape index (κ3) is 5.82. The molecule has 1 saturated heterocycles. The number of nitrogens with zero attached hydrogens (tertiary/aromatic N) is 2. The van der Waals surface area contributed by atoms with Crippen LogP contribution in [0.1, 0.15) is 37.4 Å². The van der Waals surface area contributed by atoms with Crippen LogP contribution in [-0.2, 0) is 4.79 Å². The van der Waals surface area contributed by atoms with E-state index < -0.39 is 40.8 Å². The topological polar surface area (TPSA) is 71.9 Å². The molecule has 0 saturated carbocycles. The molecule has 1 N–H and O–H groups in total. The van der Waals surface area contributed by atoms with Gasteiger partial charge in [-0.1, -0.05) is 0 Å². The molecular formula is C27H27F5N2O4. The summed E-state index contributed by atoms with van der Waals surface area (Å²) < 4.78 is 80.3. The second kappa shape index (κ2) is 11.5. The van der Waals surface area contributed by atoms with Gasteiger partial charge in [-0.15, -0.1) is 0 Å². The van der Waals surface area contributed by atoms with Crippen LogP contribution in [0.5, 0.6) is 11.5 Å². The fraction of sp³-hybridized carbons (Fsp3) is 0.407. The van der Waals surface area contributed by atoms with Gasteiger partial charge in [-0.2, -0.15) is 0 Å². The fourth-order valence-corrected chi connectivity index (χ4v) is 4.84. The van der Waals surface area contributed by atoms with Gasteiger partial charge >= 0.3 is 5.97 Å². The zero-order valence-corrected chi connectivity index (χ0v) is 20.7. The van der Waals surface area contributed by atoms with Crippen LogP contribution in [-0.4, -0.2) is 54.3 Å². The number of aliphatic carboxylic acids is 1. The number of halogens is 5. The van der Waals surface area contributed by atoms with E-state index in [1.54, 1.807) is 12.1 Å². The highest BCUT2D eigenvalue weighted by Gasteiger charge is 2.42. The number of piperidine rings is 1. The van der Waals surface area contributed by atoms with Crippen molar-refractivity contribution in [3.8, 4) is 11.5 Å². The quantitative estimate of drug-likeness (QED) is 0.259. The first-order chi connectivity index (χ1) is 18.1. The van der Waals surface area contributed by atoms with Gasteiger partial charge in [-0.05, 0) is 57.0 Å². The molecule has 0 aliphatic carbocycles. The smallest absolute Gasteiger partial charge is 0.309 e. The number of aromatic nitrogens is 1. The van der Waals surface area contributed by atoms with E-state index >= 15 is 4.39 Å². The Hall–Kier alpha value is -3.47. The van der Waals surface area contributed by atoms with Gasteiger partial charge in [0.1, 0.15) is 30.1 Å². The van der Waals surface area contributed by atoms with Crippen LogP contribution in [0.4, 0.5) is 22.0 Å². The van der Waals surface area contributed by atoms with Crippen LogP contribution in [0.15, 0.2) is 36.5 Å². The van der Waals surface area contributed by atoms with Crippen molar-refractivity contribution in [1.29, 1.82) is 0 Å².